The lowest BCUT2D eigenvalue weighted by Crippen LogP contribution is -2.33. The third-order valence-electron chi connectivity index (χ3n) is 2.96. The Kier molecular flexibility index (Phi) is 2.69. The fourth-order valence-corrected chi connectivity index (χ4v) is 1.45. The third kappa shape index (κ3) is 2.71. The van der Waals surface area contributed by atoms with Gasteiger partial charge < -0.3 is 5.73 Å². The van der Waals surface area contributed by atoms with Gasteiger partial charge in [0.05, 0.1) is 5.84 Å². The number of rotatable bonds is 2. The quantitative estimate of drug-likeness (QED) is 0.517. The van der Waals surface area contributed by atoms with Crippen LogP contribution in [0, 0.1) is 10.8 Å². The third-order valence-corrected chi connectivity index (χ3v) is 2.96. The van der Waals surface area contributed by atoms with E-state index in [-0.39, 0.29) is 5.41 Å². The first-order chi connectivity index (χ1) is 5.83. The van der Waals surface area contributed by atoms with Crippen LogP contribution < -0.4 is 5.73 Å². The molecule has 1 saturated carbocycles. The summed E-state index contributed by atoms with van der Waals surface area (Å²) in [5.41, 5.74) is 6.37. The molecule has 0 aliphatic heterocycles. The Morgan fingerprint density at radius 2 is 1.92 bits per heavy atom. The lowest BCUT2D eigenvalue weighted by atomic mass is 9.70. The van der Waals surface area contributed by atoms with Crippen molar-refractivity contribution in [3.05, 3.63) is 0 Å². The molecule has 0 heterocycles. The van der Waals surface area contributed by atoms with E-state index in [0.717, 1.165) is 12.4 Å². The zero-order chi connectivity index (χ0) is 10.1. The van der Waals surface area contributed by atoms with Gasteiger partial charge in [-0.15, -0.1) is 0 Å². The summed E-state index contributed by atoms with van der Waals surface area (Å²) in [6, 6.07) is 0. The molecule has 0 bridgehead atoms. The number of amidine groups is 1. The smallest absolute Gasteiger partial charge is 0.0991 e. The van der Waals surface area contributed by atoms with Crippen LogP contribution in [0.15, 0.2) is 4.99 Å². The summed E-state index contributed by atoms with van der Waals surface area (Å²) in [6.07, 6.45) is 3.99. The van der Waals surface area contributed by atoms with Crippen molar-refractivity contribution < 1.29 is 0 Å². The summed E-state index contributed by atoms with van der Waals surface area (Å²) >= 11 is 0. The molecule has 0 spiro atoms. The molecule has 76 valence electrons. The zero-order valence-electron chi connectivity index (χ0n) is 9.35. The molecule has 0 unspecified atom stereocenters. The number of hydrogen-bond acceptors (Lipinski definition) is 1. The Morgan fingerprint density at radius 3 is 2.23 bits per heavy atom. The molecule has 1 aliphatic carbocycles. The Hall–Kier alpha value is -0.530. The van der Waals surface area contributed by atoms with Crippen LogP contribution in [-0.4, -0.2) is 12.4 Å². The molecule has 2 N–H and O–H groups in total. The number of nitrogens with two attached hydrogens (primary N) is 1. The van der Waals surface area contributed by atoms with Crippen LogP contribution in [0.4, 0.5) is 0 Å². The van der Waals surface area contributed by atoms with Crippen LogP contribution in [0.25, 0.3) is 0 Å². The van der Waals surface area contributed by atoms with Crippen LogP contribution >= 0.6 is 0 Å². The van der Waals surface area contributed by atoms with Gasteiger partial charge in [0.25, 0.3) is 0 Å². The minimum absolute atomic E-state index is 0.0279. The van der Waals surface area contributed by atoms with Crippen molar-refractivity contribution in [2.75, 3.05) is 6.54 Å². The number of aliphatic imine (C=N–C) groups is 1. The van der Waals surface area contributed by atoms with Crippen LogP contribution in [0.1, 0.15) is 47.0 Å². The first-order valence-electron chi connectivity index (χ1n) is 5.14. The van der Waals surface area contributed by atoms with E-state index in [1.165, 1.54) is 19.3 Å². The molecule has 0 aromatic carbocycles. The largest absolute Gasteiger partial charge is 0.387 e. The van der Waals surface area contributed by atoms with Gasteiger partial charge in [0, 0.05) is 12.0 Å². The topological polar surface area (TPSA) is 38.4 Å². The van der Waals surface area contributed by atoms with E-state index in [0.29, 0.717) is 5.41 Å². The van der Waals surface area contributed by atoms with Gasteiger partial charge in [-0.25, -0.2) is 0 Å². The van der Waals surface area contributed by atoms with Crippen molar-refractivity contribution in [2.45, 2.75) is 47.0 Å². The second kappa shape index (κ2) is 3.32. The molecule has 0 aromatic rings. The Morgan fingerprint density at radius 1 is 1.38 bits per heavy atom. The SMILES string of the molecule is CC1(CN=C(N)C(C)(C)C)CCC1. The van der Waals surface area contributed by atoms with Crippen molar-refractivity contribution in [1.82, 2.24) is 0 Å². The van der Waals surface area contributed by atoms with E-state index < -0.39 is 0 Å². The normalized spacial score (nSPS) is 22.6. The minimum Gasteiger partial charge on any atom is -0.387 e. The summed E-state index contributed by atoms with van der Waals surface area (Å²) in [7, 11) is 0. The average molecular weight is 182 g/mol. The van der Waals surface area contributed by atoms with Gasteiger partial charge >= 0.3 is 0 Å². The van der Waals surface area contributed by atoms with Gasteiger partial charge in [-0.3, -0.25) is 4.99 Å². The van der Waals surface area contributed by atoms with Crippen molar-refractivity contribution >= 4 is 5.84 Å². The second-order valence-electron chi connectivity index (χ2n) is 5.62. The molecule has 1 aliphatic rings. The molecule has 0 saturated heterocycles. The summed E-state index contributed by atoms with van der Waals surface area (Å²) < 4.78 is 0. The maximum atomic E-state index is 5.89. The zero-order valence-corrected chi connectivity index (χ0v) is 9.35. The molecular weight excluding hydrogens is 160 g/mol. The summed E-state index contributed by atoms with van der Waals surface area (Å²) in [4.78, 5) is 4.48. The van der Waals surface area contributed by atoms with Gasteiger partial charge in [-0.1, -0.05) is 34.1 Å². The van der Waals surface area contributed by atoms with Crippen LogP contribution in [0.2, 0.25) is 0 Å². The highest BCUT2D eigenvalue weighted by Crippen LogP contribution is 2.40. The Balaban J connectivity index is 2.47. The Bertz CT molecular complexity index is 207. The lowest BCUT2D eigenvalue weighted by molar-refractivity contribution is 0.173. The minimum atomic E-state index is 0.0279. The van der Waals surface area contributed by atoms with E-state index in [9.17, 15) is 0 Å². The molecule has 2 heteroatoms. The van der Waals surface area contributed by atoms with Crippen molar-refractivity contribution in [3.8, 4) is 0 Å². The maximum Gasteiger partial charge on any atom is 0.0991 e. The molecule has 0 aromatic heterocycles. The Labute approximate surface area is 81.6 Å². The van der Waals surface area contributed by atoms with E-state index in [1.54, 1.807) is 0 Å². The van der Waals surface area contributed by atoms with Crippen molar-refractivity contribution in [2.24, 2.45) is 21.6 Å². The molecule has 0 radical (unpaired) electrons. The van der Waals surface area contributed by atoms with E-state index in [2.05, 4.69) is 32.7 Å². The standard InChI is InChI=1S/C11H22N2/c1-10(2,3)9(12)13-8-11(4)6-5-7-11/h5-8H2,1-4H3,(H2,12,13). The fourth-order valence-electron chi connectivity index (χ4n) is 1.45. The molecule has 2 nitrogen and oxygen atoms in total. The first kappa shape index (κ1) is 10.6. The van der Waals surface area contributed by atoms with Gasteiger partial charge in [-0.2, -0.15) is 0 Å². The molecule has 0 atom stereocenters. The molecule has 1 fully saturated rings. The van der Waals surface area contributed by atoms with Crippen molar-refractivity contribution in [1.29, 1.82) is 0 Å². The summed E-state index contributed by atoms with van der Waals surface area (Å²) in [6.45, 7) is 9.53. The van der Waals surface area contributed by atoms with Crippen LogP contribution in [0.3, 0.4) is 0 Å². The maximum absolute atomic E-state index is 5.89. The van der Waals surface area contributed by atoms with Crippen LogP contribution in [0.5, 0.6) is 0 Å². The summed E-state index contributed by atoms with van der Waals surface area (Å²) in [5, 5.41) is 0. The van der Waals surface area contributed by atoms with Crippen molar-refractivity contribution in [3.63, 3.8) is 0 Å². The first-order valence-corrected chi connectivity index (χ1v) is 5.14. The number of nitrogens with zero attached hydrogens (tertiary/aromatic N) is 1. The van der Waals surface area contributed by atoms with Gasteiger partial charge in [0.15, 0.2) is 0 Å². The fraction of sp³-hybridized carbons (Fsp3) is 0.909. The van der Waals surface area contributed by atoms with Crippen LogP contribution in [-0.2, 0) is 0 Å². The average Bonchev–Trinajstić information content (AvgIpc) is 1.94. The van der Waals surface area contributed by atoms with E-state index in [4.69, 9.17) is 5.73 Å². The van der Waals surface area contributed by atoms with Gasteiger partial charge in [0.2, 0.25) is 0 Å². The predicted molar refractivity (Wildman–Crippen MR) is 57.9 cm³/mol. The lowest BCUT2D eigenvalue weighted by Gasteiger charge is -2.37. The predicted octanol–water partition coefficient (Wildman–Crippen LogP) is 2.58. The van der Waals surface area contributed by atoms with Gasteiger partial charge in [-0.05, 0) is 18.3 Å². The highest BCUT2D eigenvalue weighted by Gasteiger charge is 2.31. The second-order valence-corrected chi connectivity index (χ2v) is 5.62. The molecule has 0 amide bonds. The summed E-state index contributed by atoms with van der Waals surface area (Å²) in [5.74, 6) is 0.792. The highest BCUT2D eigenvalue weighted by molar-refractivity contribution is 5.85. The highest BCUT2D eigenvalue weighted by atomic mass is 14.9. The number of hydrogen-bond donors (Lipinski definition) is 1. The molecule has 1 rings (SSSR count). The molecule has 13 heavy (non-hydrogen) atoms. The van der Waals surface area contributed by atoms with E-state index in [1.807, 2.05) is 0 Å². The van der Waals surface area contributed by atoms with E-state index >= 15 is 0 Å². The monoisotopic (exact) mass is 182 g/mol. The molecular formula is C11H22N2. The van der Waals surface area contributed by atoms with Gasteiger partial charge in [0.1, 0.15) is 0 Å².